The minimum absolute atomic E-state index is 0. The summed E-state index contributed by atoms with van der Waals surface area (Å²) in [5.74, 6) is -1.54. The molecule has 4 N–H and O–H groups in total. The van der Waals surface area contributed by atoms with Crippen LogP contribution in [0.25, 0.3) is 0 Å². The van der Waals surface area contributed by atoms with Crippen molar-refractivity contribution in [2.24, 2.45) is 0 Å². The van der Waals surface area contributed by atoms with Crippen molar-refractivity contribution in [3.05, 3.63) is 0 Å². The van der Waals surface area contributed by atoms with Crippen LogP contribution in [0.1, 0.15) is 0 Å². The van der Waals surface area contributed by atoms with Gasteiger partial charge in [-0.25, -0.2) is 4.79 Å². The Balaban J connectivity index is 0. The molecule has 0 radical (unpaired) electrons. The van der Waals surface area contributed by atoms with Crippen molar-refractivity contribution < 1.29 is 25.2 Å². The first kappa shape index (κ1) is 13.6. The zero-order valence-corrected chi connectivity index (χ0v) is 4.56. The summed E-state index contributed by atoms with van der Waals surface area (Å²) in [5.41, 5.74) is 0. The number of aliphatic hydroxyl groups excluding tert-OH is 3. The van der Waals surface area contributed by atoms with Gasteiger partial charge in [0.15, 0.2) is 6.10 Å². The van der Waals surface area contributed by atoms with Crippen LogP contribution in [-0.2, 0) is 4.79 Å². The molecule has 0 aromatic heterocycles. The first-order chi connectivity index (χ1) is 4.09. The second-order valence-electron chi connectivity index (χ2n) is 1.53. The van der Waals surface area contributed by atoms with Crippen LogP contribution < -0.4 is 0 Å². The van der Waals surface area contributed by atoms with Crippen LogP contribution in [0.4, 0.5) is 0 Å². The number of hydrogen-bond donors (Lipinski definition) is 4. The van der Waals surface area contributed by atoms with Gasteiger partial charge in [0.1, 0.15) is 6.10 Å². The number of carboxylic acids is 1. The fraction of sp³-hybridized carbons (Fsp3) is 0.750. The molecule has 2 atom stereocenters. The average molecular weight is 176 g/mol. The second kappa shape index (κ2) is 6.68. The van der Waals surface area contributed by atoms with Crippen LogP contribution in [0.15, 0.2) is 0 Å². The van der Waals surface area contributed by atoms with E-state index < -0.39 is 24.8 Å². The third-order valence-corrected chi connectivity index (χ3v) is 0.805. The summed E-state index contributed by atoms with van der Waals surface area (Å²) in [5, 5.41) is 32.8. The topological polar surface area (TPSA) is 98.0 Å². The van der Waals surface area contributed by atoms with E-state index in [1.165, 1.54) is 0 Å². The Hall–Kier alpha value is 0.986. The van der Waals surface area contributed by atoms with E-state index >= 15 is 0 Å². The molecule has 0 spiro atoms. The maximum atomic E-state index is 9.78. The molecule has 0 aromatic carbocycles. The van der Waals surface area contributed by atoms with Gasteiger partial charge in [0.25, 0.3) is 0 Å². The van der Waals surface area contributed by atoms with Crippen molar-refractivity contribution in [2.75, 3.05) is 6.61 Å². The summed E-state index contributed by atoms with van der Waals surface area (Å²) in [6, 6.07) is 0. The number of aliphatic hydroxyl groups is 3. The molecule has 5 nitrogen and oxygen atoms in total. The van der Waals surface area contributed by atoms with Gasteiger partial charge in [0.05, 0.1) is 6.61 Å². The van der Waals surface area contributed by atoms with Crippen molar-refractivity contribution in [1.82, 2.24) is 0 Å². The molecule has 0 aromatic rings. The standard InChI is InChI=1S/C4H8O5.K.H/c5-1-2(6)3(7)4(8)9;;/h2-3,5-7H,1H2,(H,8,9);;. The average Bonchev–Trinajstić information content (AvgIpc) is 1.84. The van der Waals surface area contributed by atoms with Gasteiger partial charge in [0, 0.05) is 0 Å². The predicted octanol–water partition coefficient (Wildman–Crippen LogP) is -2.86. The fourth-order valence-corrected chi connectivity index (χ4v) is 0.264. The molecule has 0 aliphatic carbocycles. The summed E-state index contributed by atoms with van der Waals surface area (Å²) < 4.78 is 0. The van der Waals surface area contributed by atoms with E-state index in [1.54, 1.807) is 0 Å². The molecule has 0 heterocycles. The number of carboxylic acid groups (broad SMARTS) is 1. The first-order valence-electron chi connectivity index (χ1n) is 2.29. The Morgan fingerprint density at radius 3 is 1.90 bits per heavy atom. The molecule has 0 saturated heterocycles. The first-order valence-corrected chi connectivity index (χ1v) is 2.29. The second-order valence-corrected chi connectivity index (χ2v) is 1.53. The molecule has 56 valence electrons. The summed E-state index contributed by atoms with van der Waals surface area (Å²) in [4.78, 5) is 9.78. The third-order valence-electron chi connectivity index (χ3n) is 0.805. The Kier molecular flexibility index (Phi) is 9.07. The predicted molar refractivity (Wildman–Crippen MR) is 33.9 cm³/mol. The molecular formula is C4H9KO5. The molecular weight excluding hydrogens is 167 g/mol. The maximum absolute atomic E-state index is 9.78. The third kappa shape index (κ3) is 4.75. The van der Waals surface area contributed by atoms with Crippen LogP contribution in [0, 0.1) is 0 Å². The molecule has 10 heavy (non-hydrogen) atoms. The van der Waals surface area contributed by atoms with Gasteiger partial charge in [0.2, 0.25) is 0 Å². The summed E-state index contributed by atoms with van der Waals surface area (Å²) in [7, 11) is 0. The van der Waals surface area contributed by atoms with Gasteiger partial charge in [-0.15, -0.1) is 0 Å². The van der Waals surface area contributed by atoms with Crippen molar-refractivity contribution in [3.63, 3.8) is 0 Å². The van der Waals surface area contributed by atoms with E-state index in [2.05, 4.69) is 0 Å². The zero-order valence-electron chi connectivity index (χ0n) is 4.56. The van der Waals surface area contributed by atoms with Crippen molar-refractivity contribution in [1.29, 1.82) is 0 Å². The molecule has 0 aliphatic rings. The van der Waals surface area contributed by atoms with Crippen molar-refractivity contribution >= 4 is 57.4 Å². The van der Waals surface area contributed by atoms with Gasteiger partial charge in [-0.3, -0.25) is 0 Å². The Labute approximate surface area is 100 Å². The Bertz CT molecular complexity index is 106. The van der Waals surface area contributed by atoms with Crippen molar-refractivity contribution in [3.8, 4) is 0 Å². The monoisotopic (exact) mass is 176 g/mol. The van der Waals surface area contributed by atoms with E-state index in [4.69, 9.17) is 20.4 Å². The molecule has 0 amide bonds. The number of hydrogen-bond acceptors (Lipinski definition) is 4. The van der Waals surface area contributed by atoms with Gasteiger partial charge >= 0.3 is 57.4 Å². The number of aliphatic carboxylic acids is 1. The van der Waals surface area contributed by atoms with Crippen LogP contribution in [0.3, 0.4) is 0 Å². The molecule has 0 aliphatic heterocycles. The summed E-state index contributed by atoms with van der Waals surface area (Å²) in [6.07, 6.45) is -3.49. The van der Waals surface area contributed by atoms with Crippen molar-refractivity contribution in [2.45, 2.75) is 12.2 Å². The minimum atomic E-state index is -1.89. The molecule has 6 heteroatoms. The van der Waals surface area contributed by atoms with E-state index in [-0.39, 0.29) is 51.4 Å². The molecule has 0 bridgehead atoms. The van der Waals surface area contributed by atoms with E-state index in [0.29, 0.717) is 0 Å². The van der Waals surface area contributed by atoms with E-state index in [0.717, 1.165) is 0 Å². The quantitative estimate of drug-likeness (QED) is 0.347. The Morgan fingerprint density at radius 1 is 1.40 bits per heavy atom. The number of carbonyl (C=O) groups is 1. The molecule has 0 rings (SSSR count). The van der Waals surface area contributed by atoms with Gasteiger partial charge in [-0.2, -0.15) is 0 Å². The van der Waals surface area contributed by atoms with Crippen LogP contribution >= 0.6 is 0 Å². The zero-order chi connectivity index (χ0) is 7.44. The van der Waals surface area contributed by atoms with Gasteiger partial charge in [-0.05, 0) is 0 Å². The fourth-order valence-electron chi connectivity index (χ4n) is 0.264. The summed E-state index contributed by atoms with van der Waals surface area (Å²) >= 11 is 0. The SMILES string of the molecule is O=C(O)C(O)C(O)CO.[KH]. The van der Waals surface area contributed by atoms with Crippen LogP contribution in [0.5, 0.6) is 0 Å². The summed E-state index contributed by atoms with van der Waals surface area (Å²) in [6.45, 7) is -0.756. The number of rotatable bonds is 3. The van der Waals surface area contributed by atoms with Crippen LogP contribution in [-0.4, -0.2) is 96.6 Å². The van der Waals surface area contributed by atoms with Crippen LogP contribution in [0.2, 0.25) is 0 Å². The molecule has 0 fully saturated rings. The normalized spacial score (nSPS) is 15.1. The van der Waals surface area contributed by atoms with Gasteiger partial charge in [-0.1, -0.05) is 0 Å². The Morgan fingerprint density at radius 2 is 1.80 bits per heavy atom. The van der Waals surface area contributed by atoms with Gasteiger partial charge < -0.3 is 20.4 Å². The molecule has 0 saturated carbocycles. The van der Waals surface area contributed by atoms with E-state index in [1.807, 2.05) is 0 Å². The van der Waals surface area contributed by atoms with E-state index in [9.17, 15) is 4.79 Å². The molecule has 2 unspecified atom stereocenters.